The lowest BCUT2D eigenvalue weighted by molar-refractivity contribution is 0.0183. The van der Waals surface area contributed by atoms with Gasteiger partial charge in [0.05, 0.1) is 6.21 Å². The Bertz CT molecular complexity index is 916. The highest BCUT2D eigenvalue weighted by atomic mass is 16.6. The molecule has 0 fully saturated rings. The van der Waals surface area contributed by atoms with Gasteiger partial charge in [-0.2, -0.15) is 0 Å². The first-order valence-electron chi connectivity index (χ1n) is 9.33. The second-order valence-electron chi connectivity index (χ2n) is 6.52. The Morgan fingerprint density at radius 2 is 0.857 bits per heavy atom. The van der Waals surface area contributed by atoms with Gasteiger partial charge in [0.2, 0.25) is 5.60 Å². The molecule has 136 valence electrons. The van der Waals surface area contributed by atoms with Crippen molar-refractivity contribution in [3.63, 3.8) is 0 Å². The SMILES string of the molecule is C(=N/OC(c1ccccc1)(c1ccccc1)c1ccccc1)/c1ccccc1. The molecule has 0 radical (unpaired) electrons. The van der Waals surface area contributed by atoms with E-state index >= 15 is 0 Å². The number of hydrogen-bond acceptors (Lipinski definition) is 2. The summed E-state index contributed by atoms with van der Waals surface area (Å²) < 4.78 is 0. The molecule has 0 aliphatic rings. The molecule has 0 bridgehead atoms. The Labute approximate surface area is 165 Å². The predicted molar refractivity (Wildman–Crippen MR) is 114 cm³/mol. The smallest absolute Gasteiger partial charge is 0.212 e. The van der Waals surface area contributed by atoms with Crippen LogP contribution in [0.2, 0.25) is 0 Å². The number of hydrogen-bond donors (Lipinski definition) is 0. The van der Waals surface area contributed by atoms with Crippen LogP contribution in [0.5, 0.6) is 0 Å². The predicted octanol–water partition coefficient (Wildman–Crippen LogP) is 6.03. The molecule has 0 saturated heterocycles. The average Bonchev–Trinajstić information content (AvgIpc) is 2.79. The minimum absolute atomic E-state index is 0.838. The highest BCUT2D eigenvalue weighted by Gasteiger charge is 2.39. The van der Waals surface area contributed by atoms with Gasteiger partial charge in [-0.25, -0.2) is 0 Å². The summed E-state index contributed by atoms with van der Waals surface area (Å²) in [7, 11) is 0. The van der Waals surface area contributed by atoms with Crippen molar-refractivity contribution in [3.05, 3.63) is 144 Å². The molecule has 0 aliphatic carbocycles. The van der Waals surface area contributed by atoms with Crippen molar-refractivity contribution in [2.24, 2.45) is 5.16 Å². The minimum atomic E-state index is -0.838. The molecule has 0 heterocycles. The molecule has 4 aromatic carbocycles. The summed E-state index contributed by atoms with van der Waals surface area (Å²) in [5.41, 5.74) is 3.23. The van der Waals surface area contributed by atoms with Crippen molar-refractivity contribution in [2.45, 2.75) is 5.60 Å². The average molecular weight is 363 g/mol. The summed E-state index contributed by atoms with van der Waals surface area (Å²) in [5, 5.41) is 4.42. The highest BCUT2D eigenvalue weighted by molar-refractivity contribution is 5.78. The molecule has 2 nitrogen and oxygen atoms in total. The van der Waals surface area contributed by atoms with E-state index in [4.69, 9.17) is 4.84 Å². The van der Waals surface area contributed by atoms with Crippen molar-refractivity contribution in [1.82, 2.24) is 0 Å². The molecule has 2 heteroatoms. The van der Waals surface area contributed by atoms with Gasteiger partial charge >= 0.3 is 0 Å². The first-order chi connectivity index (χ1) is 13.9. The number of rotatable bonds is 6. The van der Waals surface area contributed by atoms with Crippen LogP contribution in [0.3, 0.4) is 0 Å². The van der Waals surface area contributed by atoms with E-state index in [1.54, 1.807) is 6.21 Å². The Balaban J connectivity index is 1.87. The number of oxime groups is 1. The summed E-state index contributed by atoms with van der Waals surface area (Å²) in [6.45, 7) is 0. The van der Waals surface area contributed by atoms with E-state index in [1.807, 2.05) is 84.9 Å². The second-order valence-corrected chi connectivity index (χ2v) is 6.52. The molecule has 0 aliphatic heterocycles. The maximum Gasteiger partial charge on any atom is 0.212 e. The topological polar surface area (TPSA) is 21.6 Å². The molecule has 0 saturated carbocycles. The maximum absolute atomic E-state index is 6.36. The summed E-state index contributed by atoms with van der Waals surface area (Å²) in [5.74, 6) is 0. The molecule has 0 unspecified atom stereocenters. The van der Waals surface area contributed by atoms with E-state index in [2.05, 4.69) is 41.6 Å². The van der Waals surface area contributed by atoms with E-state index in [0.717, 1.165) is 22.3 Å². The lowest BCUT2D eigenvalue weighted by atomic mass is 9.80. The normalized spacial score (nSPS) is 11.4. The number of benzene rings is 4. The zero-order valence-electron chi connectivity index (χ0n) is 15.5. The van der Waals surface area contributed by atoms with E-state index in [-0.39, 0.29) is 0 Å². The van der Waals surface area contributed by atoms with Crippen LogP contribution >= 0.6 is 0 Å². The molecule has 0 spiro atoms. The van der Waals surface area contributed by atoms with Gasteiger partial charge in [0.1, 0.15) is 0 Å². The Morgan fingerprint density at radius 1 is 0.500 bits per heavy atom. The van der Waals surface area contributed by atoms with Crippen LogP contribution in [0.1, 0.15) is 22.3 Å². The maximum atomic E-state index is 6.36. The summed E-state index contributed by atoms with van der Waals surface area (Å²) >= 11 is 0. The van der Waals surface area contributed by atoms with Crippen LogP contribution in [0.15, 0.2) is 126 Å². The van der Waals surface area contributed by atoms with Crippen molar-refractivity contribution in [3.8, 4) is 0 Å². The quantitative estimate of drug-likeness (QED) is 0.233. The first kappa shape index (κ1) is 17.7. The van der Waals surface area contributed by atoms with Gasteiger partial charge in [0.15, 0.2) is 0 Å². The summed E-state index contributed by atoms with van der Waals surface area (Å²) in [6.07, 6.45) is 1.75. The van der Waals surface area contributed by atoms with Gasteiger partial charge in [0, 0.05) is 16.7 Å². The van der Waals surface area contributed by atoms with Crippen molar-refractivity contribution in [2.75, 3.05) is 0 Å². The molecule has 0 aromatic heterocycles. The van der Waals surface area contributed by atoms with Crippen LogP contribution in [0.4, 0.5) is 0 Å². The van der Waals surface area contributed by atoms with Gasteiger partial charge in [-0.3, -0.25) is 0 Å². The third-order valence-electron chi connectivity index (χ3n) is 4.73. The molecule has 4 rings (SSSR count). The third-order valence-corrected chi connectivity index (χ3v) is 4.73. The Kier molecular flexibility index (Phi) is 5.30. The molecular formula is C26H21NO. The fraction of sp³-hybridized carbons (Fsp3) is 0.0385. The molecule has 0 atom stereocenters. The first-order valence-corrected chi connectivity index (χ1v) is 9.33. The zero-order chi connectivity index (χ0) is 19.1. The van der Waals surface area contributed by atoms with Gasteiger partial charge in [0.25, 0.3) is 0 Å². The van der Waals surface area contributed by atoms with Crippen LogP contribution in [0, 0.1) is 0 Å². The molecular weight excluding hydrogens is 342 g/mol. The van der Waals surface area contributed by atoms with Crippen LogP contribution in [0.25, 0.3) is 0 Å². The minimum Gasteiger partial charge on any atom is -0.375 e. The van der Waals surface area contributed by atoms with Gasteiger partial charge in [-0.05, 0) is 5.56 Å². The lowest BCUT2D eigenvalue weighted by Gasteiger charge is -2.33. The molecule has 0 amide bonds. The zero-order valence-corrected chi connectivity index (χ0v) is 15.5. The Morgan fingerprint density at radius 3 is 1.25 bits per heavy atom. The summed E-state index contributed by atoms with van der Waals surface area (Å²) in [6, 6.07) is 40.7. The Hall–Kier alpha value is -3.65. The highest BCUT2D eigenvalue weighted by Crippen LogP contribution is 2.40. The van der Waals surface area contributed by atoms with Gasteiger partial charge < -0.3 is 4.84 Å². The second kappa shape index (κ2) is 8.36. The molecule has 4 aromatic rings. The largest absolute Gasteiger partial charge is 0.375 e. The van der Waals surface area contributed by atoms with Crippen molar-refractivity contribution in [1.29, 1.82) is 0 Å². The van der Waals surface area contributed by atoms with Crippen LogP contribution in [-0.4, -0.2) is 6.21 Å². The number of nitrogens with zero attached hydrogens (tertiary/aromatic N) is 1. The van der Waals surface area contributed by atoms with Crippen LogP contribution in [-0.2, 0) is 10.4 Å². The fourth-order valence-corrected chi connectivity index (χ4v) is 3.38. The van der Waals surface area contributed by atoms with Gasteiger partial charge in [-0.15, -0.1) is 0 Å². The molecule has 28 heavy (non-hydrogen) atoms. The third kappa shape index (κ3) is 3.58. The standard InChI is InChI=1S/C26H21NO/c1-5-13-22(14-6-1)21-27-28-26(23-15-7-2-8-16-23,24-17-9-3-10-18-24)25-19-11-4-12-20-25/h1-21H/b27-21-. The van der Waals surface area contributed by atoms with Crippen molar-refractivity contribution >= 4 is 6.21 Å². The monoisotopic (exact) mass is 363 g/mol. The molecule has 0 N–H and O–H groups in total. The van der Waals surface area contributed by atoms with Gasteiger partial charge in [-0.1, -0.05) is 126 Å². The van der Waals surface area contributed by atoms with E-state index in [1.165, 1.54) is 0 Å². The lowest BCUT2D eigenvalue weighted by Crippen LogP contribution is -2.31. The fourth-order valence-electron chi connectivity index (χ4n) is 3.38. The van der Waals surface area contributed by atoms with Crippen molar-refractivity contribution < 1.29 is 4.84 Å². The van der Waals surface area contributed by atoms with E-state index in [0.29, 0.717) is 0 Å². The summed E-state index contributed by atoms with van der Waals surface area (Å²) in [4.78, 5) is 6.36. The van der Waals surface area contributed by atoms with E-state index in [9.17, 15) is 0 Å². The van der Waals surface area contributed by atoms with Crippen LogP contribution < -0.4 is 0 Å². The van der Waals surface area contributed by atoms with E-state index < -0.39 is 5.60 Å².